The molecule has 160 valence electrons. The molecule has 1 atom stereocenters. The predicted molar refractivity (Wildman–Crippen MR) is 124 cm³/mol. The monoisotopic (exact) mass is 436 g/mol. The highest BCUT2D eigenvalue weighted by Crippen LogP contribution is 2.29. The van der Waals surface area contributed by atoms with Crippen molar-refractivity contribution >= 4 is 32.9 Å². The number of nitrogens with one attached hydrogen (secondary N) is 1. The molecular formula is C24H26N3O3S+. The molecule has 1 heterocycles. The van der Waals surface area contributed by atoms with Crippen LogP contribution in [0.25, 0.3) is 0 Å². The Bertz CT molecular complexity index is 1190. The van der Waals surface area contributed by atoms with Gasteiger partial charge in [0, 0.05) is 6.07 Å². The van der Waals surface area contributed by atoms with Gasteiger partial charge in [0.1, 0.15) is 17.2 Å². The molecule has 1 aliphatic heterocycles. The molecule has 0 amide bonds. The topological polar surface area (TPSA) is 84.4 Å². The van der Waals surface area contributed by atoms with Gasteiger partial charge in [0.05, 0.1) is 17.4 Å². The summed E-state index contributed by atoms with van der Waals surface area (Å²) in [4.78, 5) is 4.69. The van der Waals surface area contributed by atoms with E-state index in [1.54, 1.807) is 19.1 Å². The summed E-state index contributed by atoms with van der Waals surface area (Å²) in [5, 5.41) is 1.59. The molecule has 6 nitrogen and oxygen atoms in total. The molecule has 0 saturated heterocycles. The van der Waals surface area contributed by atoms with Gasteiger partial charge in [-0.05, 0) is 55.3 Å². The lowest BCUT2D eigenvalue weighted by molar-refractivity contribution is -0.440. The highest BCUT2D eigenvalue weighted by Gasteiger charge is 2.23. The van der Waals surface area contributed by atoms with Gasteiger partial charge in [-0.25, -0.2) is 8.42 Å². The number of quaternary nitrogens is 1. The Morgan fingerprint density at radius 2 is 1.71 bits per heavy atom. The van der Waals surface area contributed by atoms with Crippen molar-refractivity contribution in [3.8, 4) is 11.5 Å². The van der Waals surface area contributed by atoms with Crippen molar-refractivity contribution in [3.63, 3.8) is 0 Å². The van der Waals surface area contributed by atoms with Crippen LogP contribution in [-0.4, -0.2) is 19.5 Å². The van der Waals surface area contributed by atoms with Crippen LogP contribution in [0.15, 0.2) is 77.8 Å². The fourth-order valence-corrected chi connectivity index (χ4v) is 4.37. The van der Waals surface area contributed by atoms with E-state index in [-0.39, 0.29) is 0 Å². The number of ether oxygens (including phenoxy) is 1. The largest absolute Gasteiger partial charge is 0.457 e. The smallest absolute Gasteiger partial charge is 0.235 e. The minimum Gasteiger partial charge on any atom is -0.457 e. The first-order chi connectivity index (χ1) is 14.9. The van der Waals surface area contributed by atoms with Crippen LogP contribution in [0.5, 0.6) is 11.5 Å². The quantitative estimate of drug-likeness (QED) is 0.510. The van der Waals surface area contributed by atoms with Crippen molar-refractivity contribution in [3.05, 3.63) is 78.4 Å². The number of sulfonamides is 1. The summed E-state index contributed by atoms with van der Waals surface area (Å²) in [5.41, 5.74) is 3.44. The number of nitrogens with zero attached hydrogens (tertiary/aromatic N) is 1. The number of hydrogen-bond acceptors (Lipinski definition) is 4. The zero-order chi connectivity index (χ0) is 21.8. The van der Waals surface area contributed by atoms with E-state index in [0.29, 0.717) is 18.5 Å². The number of nitrogens with two attached hydrogens (primary N) is 1. The minimum absolute atomic E-state index is 0.444. The van der Waals surface area contributed by atoms with Crippen LogP contribution < -0.4 is 14.8 Å². The van der Waals surface area contributed by atoms with Gasteiger partial charge < -0.3 is 4.74 Å². The van der Waals surface area contributed by atoms with E-state index >= 15 is 0 Å². The average Bonchev–Trinajstić information content (AvgIpc) is 3.16. The molecule has 0 fully saturated rings. The molecule has 31 heavy (non-hydrogen) atoms. The van der Waals surface area contributed by atoms with Crippen LogP contribution in [0.2, 0.25) is 0 Å². The molecule has 0 saturated carbocycles. The molecule has 0 aromatic heterocycles. The zero-order valence-electron chi connectivity index (χ0n) is 17.6. The third-order valence-electron chi connectivity index (χ3n) is 5.27. The van der Waals surface area contributed by atoms with Crippen molar-refractivity contribution in [2.45, 2.75) is 31.9 Å². The highest BCUT2D eigenvalue weighted by molar-refractivity contribution is 7.93. The molecule has 0 radical (unpaired) electrons. The van der Waals surface area contributed by atoms with Crippen molar-refractivity contribution in [2.75, 3.05) is 4.72 Å². The Kier molecular flexibility index (Phi) is 6.06. The highest BCUT2D eigenvalue weighted by atomic mass is 32.2. The molecule has 0 bridgehead atoms. The minimum atomic E-state index is -3.39. The SMILES string of the molecule is CCC(C)S(=O)(=O)Nc1ccc2c(c1)N=C(Cc1ccc(Oc3ccccc3)cc1)[NH2+]2. The number of para-hydroxylation sites is 1. The maximum Gasteiger partial charge on any atom is 0.235 e. The lowest BCUT2D eigenvalue weighted by Crippen LogP contribution is -2.81. The molecule has 0 aliphatic carbocycles. The van der Waals surface area contributed by atoms with Gasteiger partial charge in [-0.3, -0.25) is 10.0 Å². The Morgan fingerprint density at radius 3 is 2.42 bits per heavy atom. The van der Waals surface area contributed by atoms with Gasteiger partial charge in [-0.2, -0.15) is 4.99 Å². The van der Waals surface area contributed by atoms with Gasteiger partial charge in [-0.15, -0.1) is 0 Å². The van der Waals surface area contributed by atoms with E-state index in [4.69, 9.17) is 4.74 Å². The lowest BCUT2D eigenvalue weighted by atomic mass is 10.1. The van der Waals surface area contributed by atoms with Crippen LogP contribution >= 0.6 is 0 Å². The van der Waals surface area contributed by atoms with Gasteiger partial charge in [-0.1, -0.05) is 37.3 Å². The summed E-state index contributed by atoms with van der Waals surface area (Å²) in [7, 11) is -3.39. The number of amidine groups is 1. The standard InChI is InChI=1S/C24H25N3O3S/c1-3-17(2)31(28,29)27-19-11-14-22-23(16-19)26-24(25-22)15-18-9-12-21(13-10-18)30-20-7-5-4-6-8-20/h4-14,16-17,27H,3,15H2,1-2H3,(H,25,26)/p+1. The molecule has 3 aromatic rings. The van der Waals surface area contributed by atoms with Crippen LogP contribution in [0.1, 0.15) is 25.8 Å². The van der Waals surface area contributed by atoms with E-state index in [1.807, 2.05) is 72.9 Å². The summed E-state index contributed by atoms with van der Waals surface area (Å²) < 4.78 is 33.1. The van der Waals surface area contributed by atoms with Crippen LogP contribution in [0, 0.1) is 0 Å². The molecular weight excluding hydrogens is 410 g/mol. The Hall–Kier alpha value is -3.16. The molecule has 3 N–H and O–H groups in total. The number of fused-ring (bicyclic) bond motifs is 1. The van der Waals surface area contributed by atoms with Gasteiger partial charge >= 0.3 is 0 Å². The van der Waals surface area contributed by atoms with E-state index in [9.17, 15) is 8.42 Å². The molecule has 1 unspecified atom stereocenters. The molecule has 7 heteroatoms. The summed E-state index contributed by atoms with van der Waals surface area (Å²) in [6.07, 6.45) is 1.25. The van der Waals surface area contributed by atoms with Gasteiger partial charge in [0.25, 0.3) is 0 Å². The van der Waals surface area contributed by atoms with Gasteiger partial charge in [0.15, 0.2) is 5.69 Å². The Labute approximate surface area is 183 Å². The second-order valence-electron chi connectivity index (χ2n) is 7.62. The zero-order valence-corrected chi connectivity index (χ0v) is 18.4. The number of rotatable bonds is 8. The van der Waals surface area contributed by atoms with E-state index in [1.165, 1.54) is 0 Å². The average molecular weight is 437 g/mol. The Morgan fingerprint density at radius 1 is 1.00 bits per heavy atom. The van der Waals surface area contributed by atoms with Crippen molar-refractivity contribution in [2.24, 2.45) is 4.99 Å². The number of benzene rings is 3. The first-order valence-corrected chi connectivity index (χ1v) is 11.9. The number of aliphatic imine (C=N–C) groups is 1. The predicted octanol–water partition coefficient (Wildman–Crippen LogP) is 4.50. The van der Waals surface area contributed by atoms with Crippen LogP contribution in [0.3, 0.4) is 0 Å². The first kappa shape index (κ1) is 21.1. The Balaban J connectivity index is 1.42. The number of anilines is 1. The van der Waals surface area contributed by atoms with Gasteiger partial charge in [0.2, 0.25) is 15.9 Å². The third kappa shape index (κ3) is 5.13. The summed E-state index contributed by atoms with van der Waals surface area (Å²) in [6, 6.07) is 23.1. The summed E-state index contributed by atoms with van der Waals surface area (Å²) >= 11 is 0. The summed E-state index contributed by atoms with van der Waals surface area (Å²) in [6.45, 7) is 3.56. The summed E-state index contributed by atoms with van der Waals surface area (Å²) in [5.74, 6) is 2.53. The normalized spacial score (nSPS) is 13.9. The van der Waals surface area contributed by atoms with Crippen molar-refractivity contribution in [1.29, 1.82) is 0 Å². The molecule has 0 spiro atoms. The van der Waals surface area contributed by atoms with E-state index < -0.39 is 15.3 Å². The molecule has 1 aliphatic rings. The second kappa shape index (κ2) is 8.91. The van der Waals surface area contributed by atoms with Crippen LogP contribution in [0.4, 0.5) is 17.1 Å². The maximum absolute atomic E-state index is 12.3. The van der Waals surface area contributed by atoms with Crippen molar-refractivity contribution in [1.82, 2.24) is 0 Å². The fraction of sp³-hybridized carbons (Fsp3) is 0.208. The van der Waals surface area contributed by atoms with E-state index in [2.05, 4.69) is 9.71 Å². The third-order valence-corrected chi connectivity index (χ3v) is 7.18. The molecule has 4 rings (SSSR count). The number of hydrogen-bond donors (Lipinski definition) is 2. The maximum atomic E-state index is 12.3. The first-order valence-electron chi connectivity index (χ1n) is 10.3. The lowest BCUT2D eigenvalue weighted by Gasteiger charge is -2.12. The van der Waals surface area contributed by atoms with Crippen molar-refractivity contribution < 1.29 is 18.5 Å². The fourth-order valence-electron chi connectivity index (χ4n) is 3.28. The second-order valence-corrected chi connectivity index (χ2v) is 9.72. The van der Waals surface area contributed by atoms with E-state index in [0.717, 1.165) is 34.3 Å². The molecule has 3 aromatic carbocycles. The van der Waals surface area contributed by atoms with Crippen LogP contribution in [-0.2, 0) is 16.4 Å².